The molecule has 0 saturated heterocycles. The molecule has 1 aliphatic rings. The number of fused-ring (bicyclic) bond motifs is 3. The van der Waals surface area contributed by atoms with Gasteiger partial charge in [0.15, 0.2) is 11.4 Å². The van der Waals surface area contributed by atoms with Crippen LogP contribution in [-0.4, -0.2) is 47.6 Å². The Morgan fingerprint density at radius 1 is 1.27 bits per heavy atom. The van der Waals surface area contributed by atoms with E-state index in [0.29, 0.717) is 30.5 Å². The Bertz CT molecular complexity index is 1110. The smallest absolute Gasteiger partial charge is 0.347 e. The van der Waals surface area contributed by atoms with E-state index >= 15 is 0 Å². The van der Waals surface area contributed by atoms with Gasteiger partial charge in [0, 0.05) is 18.3 Å². The van der Waals surface area contributed by atoms with Crippen molar-refractivity contribution in [3.8, 4) is 34.4 Å². The average molecular weight is 411 g/mol. The van der Waals surface area contributed by atoms with Gasteiger partial charge in [-0.15, -0.1) is 0 Å². The van der Waals surface area contributed by atoms with Crippen molar-refractivity contribution >= 4 is 5.97 Å². The van der Waals surface area contributed by atoms with Gasteiger partial charge in [-0.05, 0) is 46.8 Å². The van der Waals surface area contributed by atoms with Gasteiger partial charge in [0.1, 0.15) is 35.4 Å². The maximum Gasteiger partial charge on any atom is 0.347 e. The van der Waals surface area contributed by atoms with Gasteiger partial charge in [0.05, 0.1) is 12.1 Å². The average Bonchev–Trinajstić information content (AvgIpc) is 3.21. The summed E-state index contributed by atoms with van der Waals surface area (Å²) < 4.78 is 15.5. The van der Waals surface area contributed by atoms with Crippen molar-refractivity contribution < 1.29 is 19.4 Å². The number of carbonyl (C=O) groups is 1. The van der Waals surface area contributed by atoms with Crippen LogP contribution >= 0.6 is 0 Å². The van der Waals surface area contributed by atoms with E-state index in [2.05, 4.69) is 23.9 Å². The number of aromatic nitrogens is 5. The second-order valence-electron chi connectivity index (χ2n) is 8.09. The molecule has 0 amide bonds. The number of aliphatic carboxylic acids is 1. The molecule has 0 radical (unpaired) electrons. The van der Waals surface area contributed by atoms with Gasteiger partial charge in [-0.2, -0.15) is 5.10 Å². The second-order valence-corrected chi connectivity index (χ2v) is 8.09. The van der Waals surface area contributed by atoms with E-state index in [1.807, 2.05) is 28.4 Å². The predicted octanol–water partition coefficient (Wildman–Crippen LogP) is 3.33. The standard InChI is InChI=1S/C21H25N5O4/c1-12(2)26-19(22-13(3)24-26)16-11-25-8-9-29-17-10-14(30-21(4,5)20(27)28)6-7-15(17)18(25)23-16/h6-7,10-12H,8-9H2,1-5H3,(H,27,28). The van der Waals surface area contributed by atoms with E-state index < -0.39 is 11.6 Å². The van der Waals surface area contributed by atoms with E-state index in [1.54, 1.807) is 12.1 Å². The van der Waals surface area contributed by atoms with Crippen molar-refractivity contribution in [1.82, 2.24) is 24.3 Å². The summed E-state index contributed by atoms with van der Waals surface area (Å²) in [6.45, 7) is 10.1. The molecule has 3 heterocycles. The number of hydrogen-bond donors (Lipinski definition) is 1. The number of carboxylic acid groups (broad SMARTS) is 1. The second kappa shape index (κ2) is 7.16. The van der Waals surface area contributed by atoms with E-state index in [-0.39, 0.29) is 6.04 Å². The molecule has 3 aromatic rings. The third-order valence-electron chi connectivity index (χ3n) is 4.90. The largest absolute Gasteiger partial charge is 0.491 e. The third-order valence-corrected chi connectivity index (χ3v) is 4.90. The van der Waals surface area contributed by atoms with E-state index in [4.69, 9.17) is 14.5 Å². The summed E-state index contributed by atoms with van der Waals surface area (Å²) in [7, 11) is 0. The van der Waals surface area contributed by atoms with Crippen LogP contribution in [0.5, 0.6) is 11.5 Å². The van der Waals surface area contributed by atoms with Gasteiger partial charge < -0.3 is 19.1 Å². The lowest BCUT2D eigenvalue weighted by Crippen LogP contribution is -2.37. The molecule has 1 aromatic carbocycles. The van der Waals surface area contributed by atoms with Gasteiger partial charge in [-0.1, -0.05) is 0 Å². The van der Waals surface area contributed by atoms with Crippen LogP contribution in [-0.2, 0) is 11.3 Å². The molecule has 0 atom stereocenters. The van der Waals surface area contributed by atoms with Crippen molar-refractivity contribution in [1.29, 1.82) is 0 Å². The Kier molecular flexibility index (Phi) is 4.76. The van der Waals surface area contributed by atoms with Gasteiger partial charge in [-0.25, -0.2) is 19.4 Å². The first-order valence-electron chi connectivity index (χ1n) is 9.86. The van der Waals surface area contributed by atoms with Gasteiger partial charge in [-0.3, -0.25) is 0 Å². The molecule has 0 fully saturated rings. The first kappa shape index (κ1) is 19.9. The van der Waals surface area contributed by atoms with Crippen molar-refractivity contribution in [2.24, 2.45) is 0 Å². The minimum absolute atomic E-state index is 0.163. The zero-order valence-corrected chi connectivity index (χ0v) is 17.7. The van der Waals surface area contributed by atoms with Crippen molar-refractivity contribution in [2.45, 2.75) is 52.8 Å². The molecular weight excluding hydrogens is 386 g/mol. The maximum absolute atomic E-state index is 11.4. The zero-order chi connectivity index (χ0) is 21.6. The van der Waals surface area contributed by atoms with Crippen LogP contribution < -0.4 is 9.47 Å². The van der Waals surface area contributed by atoms with Gasteiger partial charge in [0.25, 0.3) is 0 Å². The fourth-order valence-corrected chi connectivity index (χ4v) is 3.34. The highest BCUT2D eigenvalue weighted by Gasteiger charge is 2.30. The number of benzene rings is 1. The lowest BCUT2D eigenvalue weighted by atomic mass is 10.1. The number of aryl methyl sites for hydroxylation is 1. The molecular formula is C21H25N5O4. The summed E-state index contributed by atoms with van der Waals surface area (Å²) in [6.07, 6.45) is 1.97. The monoisotopic (exact) mass is 411 g/mol. The SMILES string of the molecule is Cc1nc(-c2cn3c(n2)-c2ccc(OC(C)(C)C(=O)O)cc2OCC3)n(C(C)C)n1. The van der Waals surface area contributed by atoms with Gasteiger partial charge >= 0.3 is 5.97 Å². The molecule has 9 nitrogen and oxygen atoms in total. The van der Waals surface area contributed by atoms with E-state index in [9.17, 15) is 9.90 Å². The molecule has 0 spiro atoms. The third kappa shape index (κ3) is 3.51. The Balaban J connectivity index is 1.74. The molecule has 0 saturated carbocycles. The van der Waals surface area contributed by atoms with Crippen molar-refractivity contribution in [3.63, 3.8) is 0 Å². The van der Waals surface area contributed by atoms with Gasteiger partial charge in [0.2, 0.25) is 0 Å². The van der Waals surface area contributed by atoms with Crippen LogP contribution in [0.25, 0.3) is 22.9 Å². The van der Waals surface area contributed by atoms with Crippen LogP contribution in [0.4, 0.5) is 0 Å². The molecule has 0 aliphatic carbocycles. The van der Waals surface area contributed by atoms with Crippen LogP contribution in [0.3, 0.4) is 0 Å². The quantitative estimate of drug-likeness (QED) is 0.687. The molecule has 2 aromatic heterocycles. The maximum atomic E-state index is 11.4. The summed E-state index contributed by atoms with van der Waals surface area (Å²) in [5, 5.41) is 13.8. The Hall–Kier alpha value is -3.36. The van der Waals surface area contributed by atoms with Crippen LogP contribution in [0, 0.1) is 6.92 Å². The number of hydrogen-bond acceptors (Lipinski definition) is 6. The lowest BCUT2D eigenvalue weighted by molar-refractivity contribution is -0.152. The molecule has 0 unspecified atom stereocenters. The Labute approximate surface area is 174 Å². The highest BCUT2D eigenvalue weighted by atomic mass is 16.5. The van der Waals surface area contributed by atoms with Crippen molar-refractivity contribution in [2.75, 3.05) is 6.61 Å². The van der Waals surface area contributed by atoms with Crippen molar-refractivity contribution in [3.05, 3.63) is 30.2 Å². The first-order chi connectivity index (χ1) is 14.2. The number of imidazole rings is 1. The number of nitrogens with zero attached hydrogens (tertiary/aromatic N) is 5. The summed E-state index contributed by atoms with van der Waals surface area (Å²) >= 11 is 0. The number of ether oxygens (including phenoxy) is 2. The Morgan fingerprint density at radius 3 is 2.73 bits per heavy atom. The highest BCUT2D eigenvalue weighted by Crippen LogP contribution is 2.37. The molecule has 0 bridgehead atoms. The van der Waals surface area contributed by atoms with E-state index in [0.717, 1.165) is 22.9 Å². The normalized spacial score (nSPS) is 13.4. The summed E-state index contributed by atoms with van der Waals surface area (Å²) in [4.78, 5) is 20.8. The summed E-state index contributed by atoms with van der Waals surface area (Å²) in [5.74, 6) is 2.19. The minimum atomic E-state index is -1.34. The zero-order valence-electron chi connectivity index (χ0n) is 17.7. The number of rotatable bonds is 5. The predicted molar refractivity (Wildman–Crippen MR) is 110 cm³/mol. The number of carboxylic acids is 1. The summed E-state index contributed by atoms with van der Waals surface area (Å²) in [5.41, 5.74) is 0.217. The molecule has 1 N–H and O–H groups in total. The highest BCUT2D eigenvalue weighted by molar-refractivity contribution is 5.77. The van der Waals surface area contributed by atoms with Crippen LogP contribution in [0.2, 0.25) is 0 Å². The molecule has 158 valence electrons. The minimum Gasteiger partial charge on any atom is -0.491 e. The lowest BCUT2D eigenvalue weighted by Gasteiger charge is -2.22. The topological polar surface area (TPSA) is 104 Å². The van der Waals surface area contributed by atoms with E-state index in [1.165, 1.54) is 13.8 Å². The van der Waals surface area contributed by atoms with Crippen LogP contribution in [0.15, 0.2) is 24.4 Å². The molecule has 9 heteroatoms. The molecule has 1 aliphatic heterocycles. The fraction of sp³-hybridized carbons (Fsp3) is 0.429. The molecule has 4 rings (SSSR count). The Morgan fingerprint density at radius 2 is 2.03 bits per heavy atom. The van der Waals surface area contributed by atoms with Crippen LogP contribution in [0.1, 0.15) is 39.6 Å². The molecule has 30 heavy (non-hydrogen) atoms. The summed E-state index contributed by atoms with van der Waals surface area (Å²) in [6, 6.07) is 5.45. The fourth-order valence-electron chi connectivity index (χ4n) is 3.34. The first-order valence-corrected chi connectivity index (χ1v) is 9.86.